The van der Waals surface area contributed by atoms with Gasteiger partial charge in [0.1, 0.15) is 28.2 Å². The zero-order valence-corrected chi connectivity index (χ0v) is 19.3. The lowest BCUT2D eigenvalue weighted by molar-refractivity contribution is 0.0328. The standard InChI is InChI=1S/C21H26N4O7S/c1-13-7-8-18(32-13)20-22-23-21(24-33(27,28)15-9-14(10-26)11-31-12-15)25(20)19-16(29-2)5-4-6-17(19)30-3/h4-8,14-15,26H,9-12H2,1-3H3,(H,23,24). The van der Waals surface area contributed by atoms with Crippen molar-refractivity contribution < 1.29 is 32.2 Å². The minimum atomic E-state index is -3.93. The Bertz CT molecular complexity index is 1200. The zero-order chi connectivity index (χ0) is 23.6. The number of ether oxygens (including phenoxy) is 3. The van der Waals surface area contributed by atoms with Gasteiger partial charge in [0.05, 0.1) is 27.4 Å². The highest BCUT2D eigenvalue weighted by atomic mass is 32.2. The summed E-state index contributed by atoms with van der Waals surface area (Å²) in [5.74, 6) is 1.82. The Morgan fingerprint density at radius 2 is 1.88 bits per heavy atom. The summed E-state index contributed by atoms with van der Waals surface area (Å²) in [6.45, 7) is 1.97. The van der Waals surface area contributed by atoms with Crippen LogP contribution >= 0.6 is 0 Å². The van der Waals surface area contributed by atoms with Crippen LogP contribution in [0.4, 0.5) is 5.95 Å². The van der Waals surface area contributed by atoms with E-state index in [0.717, 1.165) is 0 Å². The first-order valence-electron chi connectivity index (χ1n) is 10.3. The van der Waals surface area contributed by atoms with Gasteiger partial charge in [-0.3, -0.25) is 9.29 Å². The number of anilines is 1. The molecule has 0 spiro atoms. The fraction of sp³-hybridized carbons (Fsp3) is 0.429. The number of aryl methyl sites for hydroxylation is 1. The van der Waals surface area contributed by atoms with Crippen LogP contribution < -0.4 is 14.2 Å². The molecule has 1 saturated heterocycles. The molecule has 178 valence electrons. The molecule has 1 aromatic carbocycles. The molecule has 0 radical (unpaired) electrons. The number of methoxy groups -OCH3 is 2. The zero-order valence-electron chi connectivity index (χ0n) is 18.5. The number of aliphatic hydroxyl groups is 1. The molecule has 0 aliphatic carbocycles. The molecule has 3 aromatic rings. The third-order valence-corrected chi connectivity index (χ3v) is 7.11. The Morgan fingerprint density at radius 1 is 1.15 bits per heavy atom. The molecule has 2 N–H and O–H groups in total. The van der Waals surface area contributed by atoms with Crippen molar-refractivity contribution in [1.29, 1.82) is 0 Å². The highest BCUT2D eigenvalue weighted by Crippen LogP contribution is 2.38. The van der Waals surface area contributed by atoms with E-state index < -0.39 is 15.3 Å². The van der Waals surface area contributed by atoms with Crippen LogP contribution in [0.5, 0.6) is 11.5 Å². The van der Waals surface area contributed by atoms with Gasteiger partial charge >= 0.3 is 0 Å². The number of nitrogens with zero attached hydrogens (tertiary/aromatic N) is 3. The first-order valence-corrected chi connectivity index (χ1v) is 11.9. The molecule has 4 rings (SSSR count). The van der Waals surface area contributed by atoms with E-state index in [0.29, 0.717) is 35.3 Å². The Kier molecular flexibility index (Phi) is 6.58. The smallest absolute Gasteiger partial charge is 0.243 e. The minimum Gasteiger partial charge on any atom is -0.494 e. The number of nitrogens with one attached hydrogen (secondary N) is 1. The molecule has 1 fully saturated rings. The fourth-order valence-corrected chi connectivity index (χ4v) is 5.11. The molecule has 2 atom stereocenters. The maximum atomic E-state index is 13.2. The van der Waals surface area contributed by atoms with Gasteiger partial charge in [-0.1, -0.05) is 6.07 Å². The molecular weight excluding hydrogens is 452 g/mol. The maximum Gasteiger partial charge on any atom is 0.243 e. The molecule has 11 nitrogen and oxygen atoms in total. The number of aliphatic hydroxyl groups excluding tert-OH is 1. The summed E-state index contributed by atoms with van der Waals surface area (Å²) in [5, 5.41) is 16.9. The Hall–Kier alpha value is -3.09. The second kappa shape index (κ2) is 9.41. The number of hydrogen-bond acceptors (Lipinski definition) is 9. The van der Waals surface area contributed by atoms with Gasteiger partial charge in [-0.2, -0.15) is 0 Å². The summed E-state index contributed by atoms with van der Waals surface area (Å²) in [6, 6.07) is 8.67. The molecule has 2 unspecified atom stereocenters. The molecule has 0 saturated carbocycles. The molecular formula is C21H26N4O7S. The molecule has 0 bridgehead atoms. The van der Waals surface area contributed by atoms with E-state index in [4.69, 9.17) is 18.6 Å². The van der Waals surface area contributed by atoms with Gasteiger partial charge in [0.25, 0.3) is 0 Å². The number of hydrogen-bond donors (Lipinski definition) is 2. The SMILES string of the molecule is COc1cccc(OC)c1-n1c(NS(=O)(=O)C2COCC(CO)C2)nnc1-c1ccc(C)o1. The van der Waals surface area contributed by atoms with Crippen LogP contribution in [0.3, 0.4) is 0 Å². The quantitative estimate of drug-likeness (QED) is 0.498. The summed E-state index contributed by atoms with van der Waals surface area (Å²) in [4.78, 5) is 0. The van der Waals surface area contributed by atoms with Gasteiger partial charge in [-0.05, 0) is 37.6 Å². The van der Waals surface area contributed by atoms with Crippen LogP contribution in [0.2, 0.25) is 0 Å². The van der Waals surface area contributed by atoms with Crippen molar-refractivity contribution >= 4 is 16.0 Å². The minimum absolute atomic E-state index is 0.0161. The van der Waals surface area contributed by atoms with E-state index in [-0.39, 0.29) is 37.3 Å². The monoisotopic (exact) mass is 478 g/mol. The lowest BCUT2D eigenvalue weighted by Crippen LogP contribution is -2.40. The van der Waals surface area contributed by atoms with Gasteiger partial charge in [0.2, 0.25) is 21.8 Å². The van der Waals surface area contributed by atoms with Crippen LogP contribution in [0.1, 0.15) is 12.2 Å². The molecule has 1 aliphatic rings. The van der Waals surface area contributed by atoms with E-state index in [9.17, 15) is 13.5 Å². The third-order valence-electron chi connectivity index (χ3n) is 5.43. The van der Waals surface area contributed by atoms with Crippen molar-refractivity contribution in [2.24, 2.45) is 5.92 Å². The summed E-state index contributed by atoms with van der Waals surface area (Å²) in [7, 11) is -0.939. The van der Waals surface area contributed by atoms with Crippen LogP contribution in [0.25, 0.3) is 17.3 Å². The molecule has 12 heteroatoms. The number of furan rings is 1. The van der Waals surface area contributed by atoms with Crippen LogP contribution in [0, 0.1) is 12.8 Å². The van der Waals surface area contributed by atoms with E-state index in [1.165, 1.54) is 18.8 Å². The molecule has 33 heavy (non-hydrogen) atoms. The second-order valence-corrected chi connectivity index (χ2v) is 9.66. The van der Waals surface area contributed by atoms with E-state index in [1.54, 1.807) is 37.3 Å². The van der Waals surface area contributed by atoms with Gasteiger partial charge in [0.15, 0.2) is 5.76 Å². The number of rotatable bonds is 8. The van der Waals surface area contributed by atoms with Gasteiger partial charge in [-0.25, -0.2) is 8.42 Å². The number of sulfonamides is 1. The van der Waals surface area contributed by atoms with Gasteiger partial charge in [0, 0.05) is 12.5 Å². The van der Waals surface area contributed by atoms with Crippen LogP contribution in [-0.2, 0) is 14.8 Å². The Morgan fingerprint density at radius 3 is 2.48 bits per heavy atom. The Balaban J connectivity index is 1.83. The van der Waals surface area contributed by atoms with Crippen molar-refractivity contribution in [3.05, 3.63) is 36.1 Å². The first-order chi connectivity index (χ1) is 15.9. The number of aromatic nitrogens is 3. The van der Waals surface area contributed by atoms with Crippen molar-refractivity contribution in [2.45, 2.75) is 18.6 Å². The average Bonchev–Trinajstić information content (AvgIpc) is 3.43. The molecule has 2 aromatic heterocycles. The highest BCUT2D eigenvalue weighted by molar-refractivity contribution is 7.93. The second-order valence-electron chi connectivity index (χ2n) is 7.69. The van der Waals surface area contributed by atoms with Gasteiger partial charge < -0.3 is 23.7 Å². The summed E-state index contributed by atoms with van der Waals surface area (Å²) in [5.41, 5.74) is 0.405. The lowest BCUT2D eigenvalue weighted by atomic mass is 10.0. The van der Waals surface area contributed by atoms with E-state index in [1.807, 2.05) is 0 Å². The fourth-order valence-electron chi connectivity index (χ4n) is 3.76. The van der Waals surface area contributed by atoms with Crippen LogP contribution in [0.15, 0.2) is 34.7 Å². The summed E-state index contributed by atoms with van der Waals surface area (Å²) in [6.07, 6.45) is 0.266. The van der Waals surface area contributed by atoms with Crippen molar-refractivity contribution in [2.75, 3.05) is 38.8 Å². The predicted molar refractivity (Wildman–Crippen MR) is 119 cm³/mol. The predicted octanol–water partition coefficient (Wildman–Crippen LogP) is 1.99. The molecule has 3 heterocycles. The molecule has 0 amide bonds. The lowest BCUT2D eigenvalue weighted by Gasteiger charge is -2.28. The van der Waals surface area contributed by atoms with Gasteiger partial charge in [-0.15, -0.1) is 10.2 Å². The number of benzene rings is 1. The van der Waals surface area contributed by atoms with Crippen molar-refractivity contribution in [3.63, 3.8) is 0 Å². The maximum absolute atomic E-state index is 13.2. The van der Waals surface area contributed by atoms with Crippen molar-refractivity contribution in [1.82, 2.24) is 14.8 Å². The normalized spacial score (nSPS) is 18.8. The first kappa shape index (κ1) is 23.1. The van der Waals surface area contributed by atoms with Crippen LogP contribution in [-0.4, -0.2) is 67.6 Å². The number of para-hydroxylation sites is 1. The molecule has 1 aliphatic heterocycles. The highest BCUT2D eigenvalue weighted by Gasteiger charge is 2.34. The Labute approximate surface area is 191 Å². The third kappa shape index (κ3) is 4.54. The largest absolute Gasteiger partial charge is 0.494 e. The van der Waals surface area contributed by atoms with E-state index in [2.05, 4.69) is 14.9 Å². The van der Waals surface area contributed by atoms with Crippen molar-refractivity contribution in [3.8, 4) is 28.8 Å². The average molecular weight is 479 g/mol. The summed E-state index contributed by atoms with van der Waals surface area (Å²) >= 11 is 0. The topological polar surface area (TPSA) is 138 Å². The van der Waals surface area contributed by atoms with E-state index >= 15 is 0 Å². The summed E-state index contributed by atoms with van der Waals surface area (Å²) < 4.78 is 52.7.